The van der Waals surface area contributed by atoms with Crippen molar-refractivity contribution < 1.29 is 8.42 Å². The Morgan fingerprint density at radius 1 is 0.931 bits per heavy atom. The molecule has 0 radical (unpaired) electrons. The van der Waals surface area contributed by atoms with E-state index in [0.29, 0.717) is 22.4 Å². The van der Waals surface area contributed by atoms with Crippen molar-refractivity contribution in [2.24, 2.45) is 0 Å². The Morgan fingerprint density at radius 3 is 2.41 bits per heavy atom. The Hall–Kier alpha value is -2.61. The molecule has 1 aliphatic heterocycles. The summed E-state index contributed by atoms with van der Waals surface area (Å²) in [5, 5.41) is 7.08. The zero-order valence-electron chi connectivity index (χ0n) is 15.3. The fourth-order valence-electron chi connectivity index (χ4n) is 3.25. The van der Waals surface area contributed by atoms with Crippen LogP contribution in [-0.2, 0) is 16.4 Å². The monoisotopic (exact) mass is 443 g/mol. The molecule has 3 aromatic carbocycles. The summed E-state index contributed by atoms with van der Waals surface area (Å²) in [4.78, 5) is 0.244. The molecular formula is C21H18ClN3O2S2. The molecule has 0 amide bonds. The first-order chi connectivity index (χ1) is 13.9. The number of benzene rings is 3. The molecule has 3 aromatic rings. The zero-order chi connectivity index (χ0) is 20.4. The number of para-hydroxylation sites is 1. The minimum atomic E-state index is -3.61. The smallest absolute Gasteiger partial charge is 0.264 e. The standard InChI is InChI=1S/C21H18ClN3O2S2/c22-16-5-3-6-18(14-16)24-21(28)23-17-8-10-19(11-9-17)29(26,27)25-13-12-15-4-1-2-7-20(15)25/h1-11,14H,12-13H2,(H2,23,24,28). The van der Waals surface area contributed by atoms with Crippen molar-refractivity contribution in [1.82, 2.24) is 0 Å². The van der Waals surface area contributed by atoms with Crippen LogP contribution in [0.25, 0.3) is 0 Å². The van der Waals surface area contributed by atoms with Crippen molar-refractivity contribution in [3.05, 3.63) is 83.4 Å². The van der Waals surface area contributed by atoms with Crippen LogP contribution in [0.4, 0.5) is 17.1 Å². The predicted molar refractivity (Wildman–Crippen MR) is 122 cm³/mol. The number of nitrogens with one attached hydrogen (secondary N) is 2. The van der Waals surface area contributed by atoms with E-state index in [0.717, 1.165) is 23.4 Å². The summed E-state index contributed by atoms with van der Waals surface area (Å²) in [6, 6.07) is 21.4. The molecule has 29 heavy (non-hydrogen) atoms. The second-order valence-corrected chi connectivity index (χ2v) is 9.28. The topological polar surface area (TPSA) is 61.4 Å². The molecule has 8 heteroatoms. The minimum absolute atomic E-state index is 0.244. The van der Waals surface area contributed by atoms with Crippen molar-refractivity contribution in [2.45, 2.75) is 11.3 Å². The number of fused-ring (bicyclic) bond motifs is 1. The van der Waals surface area contributed by atoms with Crippen molar-refractivity contribution in [2.75, 3.05) is 21.5 Å². The van der Waals surface area contributed by atoms with Gasteiger partial charge < -0.3 is 10.6 Å². The van der Waals surface area contributed by atoms with E-state index >= 15 is 0 Å². The van der Waals surface area contributed by atoms with E-state index in [-0.39, 0.29) is 4.90 Å². The van der Waals surface area contributed by atoms with E-state index in [2.05, 4.69) is 10.6 Å². The van der Waals surface area contributed by atoms with Gasteiger partial charge in [0.05, 0.1) is 10.6 Å². The van der Waals surface area contributed by atoms with Crippen LogP contribution in [0.5, 0.6) is 0 Å². The number of hydrogen-bond donors (Lipinski definition) is 2. The molecule has 1 aliphatic rings. The molecule has 0 saturated heterocycles. The average Bonchev–Trinajstić information content (AvgIpc) is 3.13. The molecule has 0 bridgehead atoms. The lowest BCUT2D eigenvalue weighted by molar-refractivity contribution is 0.592. The second kappa shape index (κ2) is 8.02. The molecule has 0 atom stereocenters. The number of rotatable bonds is 4. The largest absolute Gasteiger partial charge is 0.332 e. The summed E-state index contributed by atoms with van der Waals surface area (Å²) in [5.74, 6) is 0. The third-order valence-corrected chi connectivity index (χ3v) is 6.89. The van der Waals surface area contributed by atoms with Gasteiger partial charge in [-0.15, -0.1) is 0 Å². The van der Waals surface area contributed by atoms with Gasteiger partial charge in [0, 0.05) is 22.9 Å². The number of halogens is 1. The summed E-state index contributed by atoms with van der Waals surface area (Å²) in [5.41, 5.74) is 3.25. The summed E-state index contributed by atoms with van der Waals surface area (Å²) in [6.45, 7) is 0.454. The summed E-state index contributed by atoms with van der Waals surface area (Å²) < 4.78 is 27.6. The number of hydrogen-bond acceptors (Lipinski definition) is 3. The van der Waals surface area contributed by atoms with E-state index in [1.54, 1.807) is 36.4 Å². The van der Waals surface area contributed by atoms with Crippen LogP contribution in [0.1, 0.15) is 5.56 Å². The highest BCUT2D eigenvalue weighted by atomic mass is 35.5. The normalized spacial score (nSPS) is 13.1. The first kappa shape index (κ1) is 19.7. The Kier molecular flexibility index (Phi) is 5.45. The molecule has 5 nitrogen and oxygen atoms in total. The van der Waals surface area contributed by atoms with Gasteiger partial charge in [0.2, 0.25) is 0 Å². The molecule has 0 aromatic heterocycles. The number of thiocarbonyl (C=S) groups is 1. The van der Waals surface area contributed by atoms with Crippen molar-refractivity contribution >= 4 is 56.0 Å². The molecule has 0 spiro atoms. The predicted octanol–water partition coefficient (Wildman–Crippen LogP) is 4.90. The van der Waals surface area contributed by atoms with Gasteiger partial charge in [-0.1, -0.05) is 35.9 Å². The Balaban J connectivity index is 1.47. The number of nitrogens with zero attached hydrogens (tertiary/aromatic N) is 1. The van der Waals surface area contributed by atoms with Crippen LogP contribution >= 0.6 is 23.8 Å². The van der Waals surface area contributed by atoms with Gasteiger partial charge in [0.1, 0.15) is 0 Å². The third kappa shape index (κ3) is 4.22. The Labute approximate surface area is 180 Å². The van der Waals surface area contributed by atoms with Gasteiger partial charge in [0.25, 0.3) is 10.0 Å². The SMILES string of the molecule is O=S(=O)(c1ccc(NC(=S)Nc2cccc(Cl)c2)cc1)N1CCc2ccccc21. The molecule has 0 saturated carbocycles. The maximum Gasteiger partial charge on any atom is 0.264 e. The zero-order valence-corrected chi connectivity index (χ0v) is 17.7. The molecule has 0 aliphatic carbocycles. The van der Waals surface area contributed by atoms with E-state index in [1.165, 1.54) is 4.31 Å². The van der Waals surface area contributed by atoms with Crippen LogP contribution in [-0.4, -0.2) is 20.1 Å². The highest BCUT2D eigenvalue weighted by Crippen LogP contribution is 2.32. The first-order valence-electron chi connectivity index (χ1n) is 8.98. The molecule has 148 valence electrons. The lowest BCUT2D eigenvalue weighted by atomic mass is 10.2. The van der Waals surface area contributed by atoms with Crippen LogP contribution < -0.4 is 14.9 Å². The van der Waals surface area contributed by atoms with Crippen LogP contribution in [0.2, 0.25) is 5.02 Å². The van der Waals surface area contributed by atoms with E-state index in [1.807, 2.05) is 36.4 Å². The van der Waals surface area contributed by atoms with Gasteiger partial charge in [-0.05, 0) is 72.7 Å². The second-order valence-electron chi connectivity index (χ2n) is 6.57. The molecule has 4 rings (SSSR count). The Bertz CT molecular complexity index is 1160. The van der Waals surface area contributed by atoms with Gasteiger partial charge in [-0.25, -0.2) is 8.42 Å². The van der Waals surface area contributed by atoms with E-state index < -0.39 is 10.0 Å². The van der Waals surface area contributed by atoms with Gasteiger partial charge in [-0.2, -0.15) is 0 Å². The average molecular weight is 444 g/mol. The molecule has 0 fully saturated rings. The minimum Gasteiger partial charge on any atom is -0.332 e. The maximum absolute atomic E-state index is 13.1. The quantitative estimate of drug-likeness (QED) is 0.561. The lowest BCUT2D eigenvalue weighted by Crippen LogP contribution is -2.29. The summed E-state index contributed by atoms with van der Waals surface area (Å²) in [7, 11) is -3.61. The fraction of sp³-hybridized carbons (Fsp3) is 0.0952. The first-order valence-corrected chi connectivity index (χ1v) is 11.2. The molecule has 1 heterocycles. The van der Waals surface area contributed by atoms with Gasteiger partial charge in [0.15, 0.2) is 5.11 Å². The third-order valence-electron chi connectivity index (χ3n) is 4.63. The van der Waals surface area contributed by atoms with Crippen LogP contribution in [0, 0.1) is 0 Å². The van der Waals surface area contributed by atoms with Crippen LogP contribution in [0.3, 0.4) is 0 Å². The lowest BCUT2D eigenvalue weighted by Gasteiger charge is -2.20. The molecule has 2 N–H and O–H groups in total. The van der Waals surface area contributed by atoms with Gasteiger partial charge >= 0.3 is 0 Å². The van der Waals surface area contributed by atoms with Gasteiger partial charge in [-0.3, -0.25) is 4.31 Å². The maximum atomic E-state index is 13.1. The highest BCUT2D eigenvalue weighted by Gasteiger charge is 2.30. The van der Waals surface area contributed by atoms with Crippen molar-refractivity contribution in [3.8, 4) is 0 Å². The van der Waals surface area contributed by atoms with E-state index in [9.17, 15) is 8.42 Å². The fourth-order valence-corrected chi connectivity index (χ4v) is 5.18. The summed E-state index contributed by atoms with van der Waals surface area (Å²) >= 11 is 11.3. The highest BCUT2D eigenvalue weighted by molar-refractivity contribution is 7.92. The van der Waals surface area contributed by atoms with Crippen molar-refractivity contribution in [1.29, 1.82) is 0 Å². The molecular weight excluding hydrogens is 426 g/mol. The van der Waals surface area contributed by atoms with Crippen LogP contribution in [0.15, 0.2) is 77.7 Å². The Morgan fingerprint density at radius 2 is 1.66 bits per heavy atom. The molecule has 0 unspecified atom stereocenters. The van der Waals surface area contributed by atoms with Crippen molar-refractivity contribution in [3.63, 3.8) is 0 Å². The number of sulfonamides is 1. The summed E-state index contributed by atoms with van der Waals surface area (Å²) in [6.07, 6.45) is 0.721. The van der Waals surface area contributed by atoms with E-state index in [4.69, 9.17) is 23.8 Å². The number of anilines is 3.